The van der Waals surface area contributed by atoms with E-state index < -0.39 is 0 Å². The van der Waals surface area contributed by atoms with Crippen LogP contribution in [0.5, 0.6) is 0 Å². The Labute approximate surface area is 84.8 Å². The van der Waals surface area contributed by atoms with Crippen molar-refractivity contribution in [2.45, 2.75) is 39.8 Å². The van der Waals surface area contributed by atoms with E-state index in [1.54, 1.807) is 6.33 Å². The summed E-state index contributed by atoms with van der Waals surface area (Å²) in [7, 11) is 0. The Balaban J connectivity index is 2.08. The summed E-state index contributed by atoms with van der Waals surface area (Å²) >= 11 is 0. The maximum absolute atomic E-state index is 10.0. The number of aromatic nitrogens is 2. The van der Waals surface area contributed by atoms with Crippen LogP contribution in [0.2, 0.25) is 0 Å². The Kier molecular flexibility index (Phi) is 2.14. The van der Waals surface area contributed by atoms with Gasteiger partial charge in [0.1, 0.15) is 6.10 Å². The molecule has 2 unspecified atom stereocenters. The van der Waals surface area contributed by atoms with Crippen LogP contribution in [0, 0.1) is 11.3 Å². The zero-order chi connectivity index (χ0) is 10.3. The lowest BCUT2D eigenvalue weighted by Crippen LogP contribution is -2.05. The first-order chi connectivity index (χ1) is 6.54. The Morgan fingerprint density at radius 1 is 1.71 bits per heavy atom. The minimum Gasteiger partial charge on any atom is -0.386 e. The molecule has 1 fully saturated rings. The summed E-state index contributed by atoms with van der Waals surface area (Å²) in [6.45, 7) is 7.36. The quantitative estimate of drug-likeness (QED) is 0.799. The van der Waals surface area contributed by atoms with Gasteiger partial charge in [-0.05, 0) is 24.7 Å². The molecule has 0 spiro atoms. The van der Waals surface area contributed by atoms with Crippen LogP contribution in [-0.4, -0.2) is 14.7 Å². The molecule has 14 heavy (non-hydrogen) atoms. The number of rotatable bonds is 3. The third-order valence-electron chi connectivity index (χ3n) is 3.29. The molecule has 0 saturated heterocycles. The normalized spacial score (nSPS) is 26.1. The van der Waals surface area contributed by atoms with Crippen molar-refractivity contribution >= 4 is 0 Å². The molecule has 1 aromatic heterocycles. The molecule has 2 atom stereocenters. The van der Waals surface area contributed by atoms with E-state index in [1.165, 1.54) is 0 Å². The van der Waals surface area contributed by atoms with Gasteiger partial charge in [-0.1, -0.05) is 13.8 Å². The van der Waals surface area contributed by atoms with Crippen LogP contribution in [-0.2, 0) is 6.54 Å². The van der Waals surface area contributed by atoms with Crippen molar-refractivity contribution in [1.82, 2.24) is 9.55 Å². The average molecular weight is 194 g/mol. The molecule has 1 aromatic rings. The molecular weight excluding hydrogens is 176 g/mol. The predicted molar refractivity (Wildman–Crippen MR) is 54.7 cm³/mol. The van der Waals surface area contributed by atoms with Crippen molar-refractivity contribution in [3.8, 4) is 0 Å². The van der Waals surface area contributed by atoms with Gasteiger partial charge in [0.2, 0.25) is 0 Å². The van der Waals surface area contributed by atoms with Crippen LogP contribution < -0.4 is 0 Å². The van der Waals surface area contributed by atoms with E-state index in [2.05, 4.69) is 25.8 Å². The van der Waals surface area contributed by atoms with E-state index in [0.717, 1.165) is 18.7 Å². The van der Waals surface area contributed by atoms with Crippen LogP contribution in [0.15, 0.2) is 12.5 Å². The number of hydrogen-bond donors (Lipinski definition) is 1. The summed E-state index contributed by atoms with van der Waals surface area (Å²) in [6.07, 6.45) is 4.46. The zero-order valence-electron chi connectivity index (χ0n) is 9.07. The second-order valence-electron chi connectivity index (χ2n) is 4.87. The summed E-state index contributed by atoms with van der Waals surface area (Å²) in [5.74, 6) is 0.391. The highest BCUT2D eigenvalue weighted by Crippen LogP contribution is 2.57. The van der Waals surface area contributed by atoms with Gasteiger partial charge < -0.3 is 9.67 Å². The topological polar surface area (TPSA) is 38.0 Å². The number of imidazole rings is 1. The van der Waals surface area contributed by atoms with Crippen molar-refractivity contribution in [1.29, 1.82) is 0 Å². The van der Waals surface area contributed by atoms with Gasteiger partial charge in [-0.3, -0.25) is 0 Å². The summed E-state index contributed by atoms with van der Waals surface area (Å²) in [4.78, 5) is 4.23. The second kappa shape index (κ2) is 3.09. The smallest absolute Gasteiger partial charge is 0.101 e. The van der Waals surface area contributed by atoms with Crippen molar-refractivity contribution in [2.75, 3.05) is 0 Å². The highest BCUT2D eigenvalue weighted by Gasteiger charge is 2.50. The van der Waals surface area contributed by atoms with Gasteiger partial charge in [-0.15, -0.1) is 0 Å². The molecule has 1 aliphatic rings. The second-order valence-corrected chi connectivity index (χ2v) is 4.87. The van der Waals surface area contributed by atoms with Crippen molar-refractivity contribution in [3.63, 3.8) is 0 Å². The van der Waals surface area contributed by atoms with E-state index in [-0.39, 0.29) is 6.10 Å². The van der Waals surface area contributed by atoms with Gasteiger partial charge in [0.15, 0.2) is 0 Å². The molecule has 0 amide bonds. The van der Waals surface area contributed by atoms with Crippen LogP contribution >= 0.6 is 0 Å². The lowest BCUT2D eigenvalue weighted by atomic mass is 10.0. The fraction of sp³-hybridized carbons (Fsp3) is 0.727. The first-order valence-corrected chi connectivity index (χ1v) is 5.24. The highest BCUT2D eigenvalue weighted by atomic mass is 16.3. The summed E-state index contributed by atoms with van der Waals surface area (Å²) in [5.41, 5.74) is 1.12. The molecular formula is C11H18N2O. The Morgan fingerprint density at radius 2 is 2.36 bits per heavy atom. The molecule has 0 aromatic carbocycles. The van der Waals surface area contributed by atoms with Crippen LogP contribution in [0.3, 0.4) is 0 Å². The number of aliphatic hydroxyl groups excluding tert-OH is 1. The molecule has 3 heteroatoms. The van der Waals surface area contributed by atoms with Gasteiger partial charge in [-0.2, -0.15) is 0 Å². The Morgan fingerprint density at radius 3 is 2.79 bits per heavy atom. The summed E-state index contributed by atoms with van der Waals surface area (Å²) in [6, 6.07) is 0. The minimum absolute atomic E-state index is 0.301. The fourth-order valence-corrected chi connectivity index (χ4v) is 1.96. The summed E-state index contributed by atoms with van der Waals surface area (Å²) in [5, 5.41) is 10.0. The lowest BCUT2D eigenvalue weighted by Gasteiger charge is -2.09. The Hall–Kier alpha value is -0.830. The first kappa shape index (κ1) is 9.71. The van der Waals surface area contributed by atoms with E-state index in [0.29, 0.717) is 11.3 Å². The van der Waals surface area contributed by atoms with Gasteiger partial charge in [-0.25, -0.2) is 4.98 Å². The van der Waals surface area contributed by atoms with Crippen molar-refractivity contribution < 1.29 is 5.11 Å². The van der Waals surface area contributed by atoms with Gasteiger partial charge in [0.05, 0.1) is 12.0 Å². The fourth-order valence-electron chi connectivity index (χ4n) is 1.96. The van der Waals surface area contributed by atoms with E-state index in [9.17, 15) is 5.11 Å². The van der Waals surface area contributed by atoms with Gasteiger partial charge in [0, 0.05) is 12.7 Å². The van der Waals surface area contributed by atoms with Crippen LogP contribution in [0.4, 0.5) is 0 Å². The minimum atomic E-state index is -0.377. The van der Waals surface area contributed by atoms with Crippen LogP contribution in [0.1, 0.15) is 39.0 Å². The molecule has 0 radical (unpaired) electrons. The maximum Gasteiger partial charge on any atom is 0.101 e. The predicted octanol–water partition coefficient (Wildman–Crippen LogP) is 1.98. The van der Waals surface area contributed by atoms with Gasteiger partial charge in [0.25, 0.3) is 0 Å². The highest BCUT2D eigenvalue weighted by molar-refractivity contribution is 5.10. The third kappa shape index (κ3) is 1.57. The number of aliphatic hydroxyl groups is 1. The van der Waals surface area contributed by atoms with Gasteiger partial charge >= 0.3 is 0 Å². The van der Waals surface area contributed by atoms with Crippen molar-refractivity contribution in [3.05, 3.63) is 18.2 Å². The summed E-state index contributed by atoms with van der Waals surface area (Å²) < 4.78 is 1.99. The molecule has 1 heterocycles. The molecule has 3 nitrogen and oxygen atoms in total. The number of nitrogens with zero attached hydrogens (tertiary/aromatic N) is 2. The molecule has 1 saturated carbocycles. The molecule has 2 rings (SSSR count). The third-order valence-corrected chi connectivity index (χ3v) is 3.29. The van der Waals surface area contributed by atoms with E-state index in [1.807, 2.05) is 10.8 Å². The van der Waals surface area contributed by atoms with Crippen molar-refractivity contribution in [2.24, 2.45) is 11.3 Å². The maximum atomic E-state index is 10.0. The Bertz CT molecular complexity index is 330. The standard InChI is InChI=1S/C11H18N2O/c1-4-13-6-9(12-7-13)10(14)8-5-11(8,2)3/h6-8,10,14H,4-5H2,1-3H3. The number of aryl methyl sites for hydroxylation is 1. The molecule has 1 aliphatic carbocycles. The first-order valence-electron chi connectivity index (χ1n) is 5.24. The molecule has 0 aliphatic heterocycles. The average Bonchev–Trinajstić information content (AvgIpc) is 2.64. The van der Waals surface area contributed by atoms with Crippen LogP contribution in [0.25, 0.3) is 0 Å². The number of hydrogen-bond acceptors (Lipinski definition) is 2. The molecule has 0 bridgehead atoms. The lowest BCUT2D eigenvalue weighted by molar-refractivity contribution is 0.134. The zero-order valence-corrected chi connectivity index (χ0v) is 9.07. The molecule has 1 N–H and O–H groups in total. The monoisotopic (exact) mass is 194 g/mol. The largest absolute Gasteiger partial charge is 0.386 e. The SMILES string of the molecule is CCn1cnc(C(O)C2CC2(C)C)c1. The van der Waals surface area contributed by atoms with E-state index in [4.69, 9.17) is 0 Å². The molecule has 78 valence electrons. The van der Waals surface area contributed by atoms with E-state index >= 15 is 0 Å².